The Hall–Kier alpha value is -3.44. The lowest BCUT2D eigenvalue weighted by molar-refractivity contribution is -0.140. The molecule has 2 aromatic rings. The van der Waals surface area contributed by atoms with Crippen LogP contribution < -0.4 is 15.4 Å². The van der Waals surface area contributed by atoms with Crippen LogP contribution in [0.3, 0.4) is 0 Å². The van der Waals surface area contributed by atoms with Crippen LogP contribution in [-0.2, 0) is 31.4 Å². The van der Waals surface area contributed by atoms with Gasteiger partial charge < -0.3 is 20.5 Å². The molecule has 2 aromatic carbocycles. The quantitative estimate of drug-likeness (QED) is 0.296. The Kier molecular flexibility index (Phi) is 11.7. The number of amides is 2. The molecule has 2 atom stereocenters. The summed E-state index contributed by atoms with van der Waals surface area (Å²) in [6.45, 7) is 2.77. The summed E-state index contributed by atoms with van der Waals surface area (Å²) in [5.74, 6) is -3.64. The molecule has 12 heteroatoms. The molecule has 38 heavy (non-hydrogen) atoms. The minimum Gasteiger partial charge on any atom is -0.496 e. The number of rotatable bonds is 14. The molecule has 0 saturated carbocycles. The third-order valence-corrected chi connectivity index (χ3v) is 6.78. The first-order valence-corrected chi connectivity index (χ1v) is 13.0. The van der Waals surface area contributed by atoms with Gasteiger partial charge in [0.2, 0.25) is 11.8 Å². The van der Waals surface area contributed by atoms with Gasteiger partial charge in [-0.2, -0.15) is 0 Å². The zero-order valence-electron chi connectivity index (χ0n) is 21.0. The Labute approximate surface area is 228 Å². The molecule has 0 saturated heterocycles. The van der Waals surface area contributed by atoms with Crippen LogP contribution in [0.4, 0.5) is 4.39 Å². The highest BCUT2D eigenvalue weighted by Crippen LogP contribution is 2.24. The number of Topliss-reactive ketones (excluding diaryl/α,β-unsaturated/α-hetero) is 2. The Bertz CT molecular complexity index is 1200. The summed E-state index contributed by atoms with van der Waals surface area (Å²) in [7, 11) is 1.42. The molecule has 3 N–H and O–H groups in total. The number of hydrogen-bond donors (Lipinski definition) is 3. The van der Waals surface area contributed by atoms with Gasteiger partial charge in [0.15, 0.2) is 11.6 Å². The SMILES string of the molecule is COc1ccc(C(C)=O)cc1CC(=O)NC(C)C(=O)NC(CC(=O)O)C(=O)CSCc1c(F)cccc1Cl. The fourth-order valence-electron chi connectivity index (χ4n) is 3.41. The monoisotopic (exact) mass is 566 g/mol. The summed E-state index contributed by atoms with van der Waals surface area (Å²) in [5, 5.41) is 14.3. The van der Waals surface area contributed by atoms with Gasteiger partial charge >= 0.3 is 5.97 Å². The van der Waals surface area contributed by atoms with Crippen molar-refractivity contribution in [2.24, 2.45) is 0 Å². The fraction of sp³-hybridized carbons (Fsp3) is 0.346. The number of carbonyl (C=O) groups excluding carboxylic acids is 4. The number of carboxylic acid groups (broad SMARTS) is 1. The summed E-state index contributed by atoms with van der Waals surface area (Å²) < 4.78 is 19.2. The zero-order valence-corrected chi connectivity index (χ0v) is 22.6. The predicted molar refractivity (Wildman–Crippen MR) is 141 cm³/mol. The summed E-state index contributed by atoms with van der Waals surface area (Å²) in [6, 6.07) is 6.42. The van der Waals surface area contributed by atoms with E-state index in [0.717, 1.165) is 11.8 Å². The molecular formula is C26H28ClFN2O7S. The number of benzene rings is 2. The van der Waals surface area contributed by atoms with Crippen LogP contribution in [0.5, 0.6) is 5.75 Å². The molecule has 0 spiro atoms. The largest absolute Gasteiger partial charge is 0.496 e. The number of ether oxygens (including phenoxy) is 1. The number of carbonyl (C=O) groups is 5. The maximum atomic E-state index is 13.9. The number of thioether (sulfide) groups is 1. The van der Waals surface area contributed by atoms with Crippen LogP contribution in [0.1, 0.15) is 41.8 Å². The van der Waals surface area contributed by atoms with E-state index in [2.05, 4.69) is 10.6 Å². The van der Waals surface area contributed by atoms with Crippen LogP contribution in [0.15, 0.2) is 36.4 Å². The Morgan fingerprint density at radius 1 is 1.13 bits per heavy atom. The van der Waals surface area contributed by atoms with E-state index in [1.807, 2.05) is 0 Å². The molecule has 0 aliphatic rings. The van der Waals surface area contributed by atoms with E-state index in [1.54, 1.807) is 12.1 Å². The highest BCUT2D eigenvalue weighted by Gasteiger charge is 2.26. The van der Waals surface area contributed by atoms with E-state index in [1.165, 1.54) is 45.2 Å². The van der Waals surface area contributed by atoms with E-state index >= 15 is 0 Å². The second-order valence-corrected chi connectivity index (χ2v) is 9.76. The number of halogens is 2. The third-order valence-electron chi connectivity index (χ3n) is 5.45. The first kappa shape index (κ1) is 30.8. The summed E-state index contributed by atoms with van der Waals surface area (Å²) >= 11 is 7.01. The number of aliphatic carboxylic acids is 1. The zero-order chi connectivity index (χ0) is 28.4. The van der Waals surface area contributed by atoms with Crippen molar-refractivity contribution in [2.75, 3.05) is 12.9 Å². The van der Waals surface area contributed by atoms with E-state index in [-0.39, 0.29) is 34.3 Å². The van der Waals surface area contributed by atoms with Crippen molar-refractivity contribution < 1.29 is 38.2 Å². The maximum Gasteiger partial charge on any atom is 0.305 e. The van der Waals surface area contributed by atoms with E-state index < -0.39 is 47.9 Å². The van der Waals surface area contributed by atoms with Crippen LogP contribution >= 0.6 is 23.4 Å². The number of methoxy groups -OCH3 is 1. The van der Waals surface area contributed by atoms with E-state index in [0.29, 0.717) is 16.9 Å². The average molecular weight is 567 g/mol. The second-order valence-electron chi connectivity index (χ2n) is 8.37. The topological polar surface area (TPSA) is 139 Å². The van der Waals surface area contributed by atoms with Crippen LogP contribution in [-0.4, -0.2) is 59.4 Å². The predicted octanol–water partition coefficient (Wildman–Crippen LogP) is 3.20. The molecule has 9 nitrogen and oxygen atoms in total. The van der Waals surface area contributed by atoms with Crippen LogP contribution in [0.2, 0.25) is 5.02 Å². The molecule has 204 valence electrons. The minimum atomic E-state index is -1.35. The van der Waals surface area contributed by atoms with Crippen molar-refractivity contribution >= 4 is 52.7 Å². The Morgan fingerprint density at radius 2 is 1.84 bits per heavy atom. The lowest BCUT2D eigenvalue weighted by Gasteiger charge is -2.20. The minimum absolute atomic E-state index is 0.0751. The first-order chi connectivity index (χ1) is 17.9. The normalized spacial score (nSPS) is 12.2. The van der Waals surface area contributed by atoms with Gasteiger partial charge in [-0.05, 0) is 44.2 Å². The molecule has 2 amide bonds. The van der Waals surface area contributed by atoms with Gasteiger partial charge in [-0.3, -0.25) is 24.0 Å². The fourth-order valence-corrected chi connectivity index (χ4v) is 4.72. The number of nitrogens with one attached hydrogen (secondary N) is 2. The van der Waals surface area contributed by atoms with Crippen molar-refractivity contribution in [2.45, 2.75) is 44.5 Å². The highest BCUT2D eigenvalue weighted by atomic mass is 35.5. The van der Waals surface area contributed by atoms with Crippen molar-refractivity contribution in [3.8, 4) is 5.75 Å². The maximum absolute atomic E-state index is 13.9. The lowest BCUT2D eigenvalue weighted by atomic mass is 10.0. The first-order valence-electron chi connectivity index (χ1n) is 11.5. The van der Waals surface area contributed by atoms with Gasteiger partial charge in [0.05, 0.1) is 31.7 Å². The molecule has 0 bridgehead atoms. The molecule has 0 aliphatic carbocycles. The van der Waals surface area contributed by atoms with E-state index in [4.69, 9.17) is 16.3 Å². The summed E-state index contributed by atoms with van der Waals surface area (Å²) in [4.78, 5) is 60.8. The third kappa shape index (κ3) is 9.14. The number of hydrogen-bond acceptors (Lipinski definition) is 7. The summed E-state index contributed by atoms with van der Waals surface area (Å²) in [6.07, 6.45) is -0.851. The van der Waals surface area contributed by atoms with Crippen molar-refractivity contribution in [3.05, 3.63) is 63.9 Å². The van der Waals surface area contributed by atoms with Gasteiger partial charge in [-0.25, -0.2) is 4.39 Å². The van der Waals surface area contributed by atoms with Crippen molar-refractivity contribution in [1.29, 1.82) is 0 Å². The van der Waals surface area contributed by atoms with Gasteiger partial charge in [-0.1, -0.05) is 17.7 Å². The van der Waals surface area contributed by atoms with Gasteiger partial charge in [0, 0.05) is 27.5 Å². The molecule has 0 aliphatic heterocycles. The smallest absolute Gasteiger partial charge is 0.305 e. The molecule has 0 radical (unpaired) electrons. The number of ketones is 2. The standard InChI is InChI=1S/C26H28ClFN2O7S/c1-14(29-24(33)10-17-9-16(15(2)31)7-8-23(17)37-3)26(36)30-21(11-25(34)35)22(32)13-38-12-18-19(27)5-4-6-20(18)28/h4-9,14,21H,10-13H2,1-3H3,(H,29,33)(H,30,36)(H,34,35). The Morgan fingerprint density at radius 3 is 2.45 bits per heavy atom. The van der Waals surface area contributed by atoms with E-state index in [9.17, 15) is 33.5 Å². The van der Waals surface area contributed by atoms with Gasteiger partial charge in [-0.15, -0.1) is 11.8 Å². The van der Waals surface area contributed by atoms with Gasteiger partial charge in [0.25, 0.3) is 0 Å². The number of carboxylic acids is 1. The molecule has 0 fully saturated rings. The van der Waals surface area contributed by atoms with Crippen molar-refractivity contribution in [3.63, 3.8) is 0 Å². The van der Waals surface area contributed by atoms with Crippen LogP contribution in [0.25, 0.3) is 0 Å². The second kappa shape index (κ2) is 14.5. The molecule has 2 rings (SSSR count). The summed E-state index contributed by atoms with van der Waals surface area (Å²) in [5.41, 5.74) is 1.05. The molecule has 0 heterocycles. The molecular weight excluding hydrogens is 539 g/mol. The highest BCUT2D eigenvalue weighted by molar-refractivity contribution is 7.99. The average Bonchev–Trinajstić information content (AvgIpc) is 2.84. The molecule has 2 unspecified atom stereocenters. The van der Waals surface area contributed by atoms with Gasteiger partial charge in [0.1, 0.15) is 17.6 Å². The molecule has 0 aromatic heterocycles. The lowest BCUT2D eigenvalue weighted by Crippen LogP contribution is -2.51. The van der Waals surface area contributed by atoms with Crippen molar-refractivity contribution in [1.82, 2.24) is 10.6 Å². The Balaban J connectivity index is 1.98. The van der Waals surface area contributed by atoms with Crippen LogP contribution in [0, 0.1) is 5.82 Å².